The van der Waals surface area contributed by atoms with Crippen molar-refractivity contribution >= 4 is 43.6 Å². The van der Waals surface area contributed by atoms with E-state index >= 15 is 0 Å². The summed E-state index contributed by atoms with van der Waals surface area (Å²) in [5, 5.41) is 5.05. The van der Waals surface area contributed by atoms with Crippen molar-refractivity contribution in [1.29, 1.82) is 0 Å². The van der Waals surface area contributed by atoms with Crippen LogP contribution in [0.3, 0.4) is 0 Å². The summed E-state index contributed by atoms with van der Waals surface area (Å²) in [6, 6.07) is 70.4. The van der Waals surface area contributed by atoms with E-state index in [2.05, 4.69) is 203 Å². The first-order valence-corrected chi connectivity index (χ1v) is 17.2. The number of hydrogen-bond donors (Lipinski definition) is 0. The van der Waals surface area contributed by atoms with Gasteiger partial charge in [0.1, 0.15) is 0 Å². The Morgan fingerprint density at radius 3 is 1.18 bits per heavy atom. The molecule has 0 radical (unpaired) electrons. The summed E-state index contributed by atoms with van der Waals surface area (Å²) < 4.78 is 4.76. The summed E-state index contributed by atoms with van der Waals surface area (Å²) in [4.78, 5) is 0. The average molecular weight is 637 g/mol. The van der Waals surface area contributed by atoms with Crippen LogP contribution in [0.1, 0.15) is 0 Å². The lowest BCUT2D eigenvalue weighted by molar-refractivity contribution is 1.18. The minimum absolute atomic E-state index is 1.17. The van der Waals surface area contributed by atoms with Gasteiger partial charge in [-0.15, -0.1) is 0 Å². The molecule has 10 rings (SSSR count). The highest BCUT2D eigenvalue weighted by molar-refractivity contribution is 6.11. The van der Waals surface area contributed by atoms with E-state index in [9.17, 15) is 0 Å². The summed E-state index contributed by atoms with van der Waals surface area (Å²) in [6.45, 7) is 0. The molecule has 0 bridgehead atoms. The number of para-hydroxylation sites is 3. The van der Waals surface area contributed by atoms with E-state index in [4.69, 9.17) is 0 Å². The molecular formula is C48H32N2. The van der Waals surface area contributed by atoms with Crippen LogP contribution in [0.25, 0.3) is 88.4 Å². The number of benzene rings is 8. The molecular weight excluding hydrogens is 605 g/mol. The van der Waals surface area contributed by atoms with Crippen LogP contribution >= 0.6 is 0 Å². The van der Waals surface area contributed by atoms with Crippen LogP contribution in [0.5, 0.6) is 0 Å². The van der Waals surface area contributed by atoms with Crippen LogP contribution in [0.2, 0.25) is 0 Å². The molecule has 0 aliphatic carbocycles. The van der Waals surface area contributed by atoms with Gasteiger partial charge in [-0.1, -0.05) is 133 Å². The van der Waals surface area contributed by atoms with Gasteiger partial charge in [0.2, 0.25) is 0 Å². The molecule has 0 amide bonds. The summed E-state index contributed by atoms with van der Waals surface area (Å²) in [5.41, 5.74) is 14.5. The lowest BCUT2D eigenvalue weighted by atomic mass is 9.98. The van der Waals surface area contributed by atoms with E-state index in [0.29, 0.717) is 0 Å². The van der Waals surface area contributed by atoms with Crippen LogP contribution in [0, 0.1) is 0 Å². The highest BCUT2D eigenvalue weighted by Crippen LogP contribution is 2.38. The molecule has 0 N–H and O–H groups in total. The first kappa shape index (κ1) is 28.4. The number of hydrogen-bond acceptors (Lipinski definition) is 0. The van der Waals surface area contributed by atoms with E-state index < -0.39 is 0 Å². The summed E-state index contributed by atoms with van der Waals surface area (Å²) >= 11 is 0. The van der Waals surface area contributed by atoms with E-state index in [0.717, 1.165) is 0 Å². The van der Waals surface area contributed by atoms with Gasteiger partial charge < -0.3 is 9.13 Å². The van der Waals surface area contributed by atoms with Crippen molar-refractivity contribution in [2.24, 2.45) is 0 Å². The molecule has 0 unspecified atom stereocenters. The molecule has 0 spiro atoms. The standard InChI is InChI=1S/C48H32N2/c1-3-12-33(13-4-1)36-14-11-17-40(30-36)50-46-21-10-8-19-42(46)44-32-38(27-29-48(44)50)35-24-22-34(23-25-35)37-26-28-47-43(31-37)41-18-7-9-20-45(41)49(47)39-15-5-2-6-16-39/h1-32H. The van der Waals surface area contributed by atoms with Crippen molar-refractivity contribution in [2.45, 2.75) is 0 Å². The Morgan fingerprint density at radius 2 is 0.600 bits per heavy atom. The smallest absolute Gasteiger partial charge is 0.0541 e. The second kappa shape index (κ2) is 11.5. The zero-order valence-electron chi connectivity index (χ0n) is 27.4. The zero-order chi connectivity index (χ0) is 33.0. The molecule has 0 saturated carbocycles. The van der Waals surface area contributed by atoms with Crippen molar-refractivity contribution in [3.63, 3.8) is 0 Å². The fourth-order valence-electron chi connectivity index (χ4n) is 7.75. The number of nitrogens with zero attached hydrogens (tertiary/aromatic N) is 2. The van der Waals surface area contributed by atoms with Gasteiger partial charge in [-0.2, -0.15) is 0 Å². The van der Waals surface area contributed by atoms with Gasteiger partial charge in [0.25, 0.3) is 0 Å². The largest absolute Gasteiger partial charge is 0.309 e. The quantitative estimate of drug-likeness (QED) is 0.178. The molecule has 0 aliphatic rings. The molecule has 0 aliphatic heterocycles. The Morgan fingerprint density at radius 1 is 0.220 bits per heavy atom. The topological polar surface area (TPSA) is 9.86 Å². The van der Waals surface area contributed by atoms with Gasteiger partial charge in [0, 0.05) is 32.9 Å². The van der Waals surface area contributed by atoms with Crippen molar-refractivity contribution < 1.29 is 0 Å². The fraction of sp³-hybridized carbons (Fsp3) is 0. The molecule has 0 atom stereocenters. The molecule has 0 fully saturated rings. The van der Waals surface area contributed by atoms with E-state index in [1.54, 1.807) is 0 Å². The van der Waals surface area contributed by atoms with Crippen LogP contribution in [0.15, 0.2) is 194 Å². The normalized spacial score (nSPS) is 11.6. The molecule has 234 valence electrons. The maximum atomic E-state index is 2.40. The third-order valence-electron chi connectivity index (χ3n) is 10.1. The van der Waals surface area contributed by atoms with Gasteiger partial charge in [-0.25, -0.2) is 0 Å². The average Bonchev–Trinajstić information content (AvgIpc) is 3.71. The number of fused-ring (bicyclic) bond motifs is 6. The first-order chi connectivity index (χ1) is 24.8. The van der Waals surface area contributed by atoms with Gasteiger partial charge >= 0.3 is 0 Å². The SMILES string of the molecule is c1ccc(-c2cccc(-n3c4ccccc4c4cc(-c5ccc(-c6ccc7c(c6)c6ccccc6n7-c6ccccc6)cc5)ccc43)c2)cc1. The van der Waals surface area contributed by atoms with E-state index in [1.807, 2.05) is 0 Å². The van der Waals surface area contributed by atoms with Crippen molar-refractivity contribution in [2.75, 3.05) is 0 Å². The second-order valence-electron chi connectivity index (χ2n) is 13.0. The Labute approximate surface area is 290 Å². The van der Waals surface area contributed by atoms with Crippen LogP contribution < -0.4 is 0 Å². The minimum atomic E-state index is 1.17. The zero-order valence-corrected chi connectivity index (χ0v) is 27.4. The van der Waals surface area contributed by atoms with Gasteiger partial charge in [-0.05, 0) is 94.0 Å². The summed E-state index contributed by atoms with van der Waals surface area (Å²) in [7, 11) is 0. The Hall–Kier alpha value is -6.64. The van der Waals surface area contributed by atoms with Crippen LogP contribution in [-0.2, 0) is 0 Å². The lowest BCUT2D eigenvalue weighted by Crippen LogP contribution is -1.94. The number of rotatable bonds is 5. The highest BCUT2D eigenvalue weighted by Gasteiger charge is 2.15. The molecule has 2 nitrogen and oxygen atoms in total. The Balaban J connectivity index is 1.04. The van der Waals surface area contributed by atoms with Crippen molar-refractivity contribution in [3.05, 3.63) is 194 Å². The van der Waals surface area contributed by atoms with Gasteiger partial charge in [0.05, 0.1) is 22.1 Å². The van der Waals surface area contributed by atoms with Crippen molar-refractivity contribution in [3.8, 4) is 44.8 Å². The van der Waals surface area contributed by atoms with Crippen LogP contribution in [-0.4, -0.2) is 9.13 Å². The Kier molecular flexibility index (Phi) is 6.53. The predicted molar refractivity (Wildman–Crippen MR) is 211 cm³/mol. The highest BCUT2D eigenvalue weighted by atomic mass is 15.0. The summed E-state index contributed by atoms with van der Waals surface area (Å²) in [5.74, 6) is 0. The van der Waals surface area contributed by atoms with Crippen LogP contribution in [0.4, 0.5) is 0 Å². The molecule has 8 aromatic carbocycles. The van der Waals surface area contributed by atoms with Gasteiger partial charge in [0.15, 0.2) is 0 Å². The first-order valence-electron chi connectivity index (χ1n) is 17.2. The van der Waals surface area contributed by atoms with E-state index in [1.165, 1.54) is 88.4 Å². The van der Waals surface area contributed by atoms with Crippen molar-refractivity contribution in [1.82, 2.24) is 9.13 Å². The molecule has 10 aromatic rings. The molecule has 2 heteroatoms. The predicted octanol–water partition coefficient (Wildman–Crippen LogP) is 12.9. The maximum Gasteiger partial charge on any atom is 0.0541 e. The second-order valence-corrected chi connectivity index (χ2v) is 13.0. The third-order valence-corrected chi connectivity index (χ3v) is 10.1. The van der Waals surface area contributed by atoms with Gasteiger partial charge in [-0.3, -0.25) is 0 Å². The summed E-state index contributed by atoms with van der Waals surface area (Å²) in [6.07, 6.45) is 0. The number of aromatic nitrogens is 2. The maximum absolute atomic E-state index is 2.40. The Bertz CT molecular complexity index is 2840. The molecule has 2 heterocycles. The lowest BCUT2D eigenvalue weighted by Gasteiger charge is -2.11. The molecule has 0 saturated heterocycles. The third kappa shape index (κ3) is 4.57. The molecule has 2 aromatic heterocycles. The minimum Gasteiger partial charge on any atom is -0.309 e. The van der Waals surface area contributed by atoms with E-state index in [-0.39, 0.29) is 0 Å². The molecule has 50 heavy (non-hydrogen) atoms. The monoisotopic (exact) mass is 636 g/mol. The fourth-order valence-corrected chi connectivity index (χ4v) is 7.75.